The van der Waals surface area contributed by atoms with Crippen LogP contribution in [0.3, 0.4) is 0 Å². The Bertz CT molecular complexity index is 916. The van der Waals surface area contributed by atoms with E-state index >= 15 is 0 Å². The largest absolute Gasteiger partial charge is 0.309 e. The van der Waals surface area contributed by atoms with E-state index in [1.54, 1.807) is 0 Å². The van der Waals surface area contributed by atoms with Crippen molar-refractivity contribution >= 4 is 0 Å². The van der Waals surface area contributed by atoms with E-state index in [4.69, 9.17) is 0 Å². The van der Waals surface area contributed by atoms with Gasteiger partial charge in [-0.15, -0.1) is 0 Å². The molecule has 0 aliphatic carbocycles. The van der Waals surface area contributed by atoms with E-state index in [2.05, 4.69) is 166 Å². The molecule has 0 aromatic heterocycles. The molecule has 302 valence electrons. The summed E-state index contributed by atoms with van der Waals surface area (Å²) in [7, 11) is 17.5. The molecule has 0 aliphatic heterocycles. The maximum absolute atomic E-state index is 3.64. The van der Waals surface area contributed by atoms with Crippen LogP contribution in [-0.4, -0.2) is 122 Å². The Balaban J connectivity index is 0.000000982. The first kappa shape index (κ1) is 50.0. The Morgan fingerprint density at radius 1 is 0.471 bits per heavy atom. The number of nitrogens with one attached hydrogen (secondary N) is 2. The van der Waals surface area contributed by atoms with Gasteiger partial charge in [-0.25, -0.2) is 0 Å². The molecule has 51 heavy (non-hydrogen) atoms. The van der Waals surface area contributed by atoms with Gasteiger partial charge in [-0.1, -0.05) is 112 Å². The average Bonchev–Trinajstić information content (AvgIpc) is 3.08. The van der Waals surface area contributed by atoms with Crippen molar-refractivity contribution in [2.45, 2.75) is 119 Å². The van der Waals surface area contributed by atoms with E-state index in [-0.39, 0.29) is 0 Å². The lowest BCUT2D eigenvalue weighted by Gasteiger charge is -2.29. The van der Waals surface area contributed by atoms with Crippen molar-refractivity contribution in [2.24, 2.45) is 35.5 Å². The number of hydrogen-bond acceptors (Lipinski definition) is 6. The summed E-state index contributed by atoms with van der Waals surface area (Å²) in [5.41, 5.74) is 3.03. The minimum atomic E-state index is 0.637. The second-order valence-corrected chi connectivity index (χ2v) is 17.3. The Morgan fingerprint density at radius 2 is 0.902 bits per heavy atom. The predicted molar refractivity (Wildman–Crippen MR) is 230 cm³/mol. The fourth-order valence-electron chi connectivity index (χ4n) is 8.37. The predicted octanol–water partition coefficient (Wildman–Crippen LogP) is 9.20. The van der Waals surface area contributed by atoms with Gasteiger partial charge in [0, 0.05) is 32.8 Å². The van der Waals surface area contributed by atoms with Gasteiger partial charge < -0.3 is 30.2 Å². The van der Waals surface area contributed by atoms with Gasteiger partial charge in [0.25, 0.3) is 0 Å². The molecule has 6 nitrogen and oxygen atoms in total. The van der Waals surface area contributed by atoms with Crippen molar-refractivity contribution in [3.05, 3.63) is 35.4 Å². The lowest BCUT2D eigenvalue weighted by molar-refractivity contribution is 0.226. The zero-order chi connectivity index (χ0) is 38.9. The standard InChI is InChI=1S/C24H44N2.C21H48N4/c1-9-20(17-25(5)6)16-19(4)22-12-14-23(15-13-22)24(11-3)21(10-2)18-26(7)8;1-9-19(15-24(5)6)12-18(4)13-22-17-23-14-20(10-2)21(11-3)16-25(7)8/h12-15,19-21,24H,9-11,16-18H2,1-8H3;18-23H,9-17H2,1-8H3. The number of hydrogen-bond donors (Lipinski definition) is 2. The minimum Gasteiger partial charge on any atom is -0.309 e. The first-order chi connectivity index (χ1) is 24.1. The molecule has 1 rings (SSSR count). The topological polar surface area (TPSA) is 37.0 Å². The van der Waals surface area contributed by atoms with Crippen LogP contribution in [0.15, 0.2) is 24.3 Å². The number of rotatable bonds is 28. The van der Waals surface area contributed by atoms with Gasteiger partial charge in [0.1, 0.15) is 0 Å². The van der Waals surface area contributed by atoms with Crippen molar-refractivity contribution in [3.63, 3.8) is 0 Å². The summed E-state index contributed by atoms with van der Waals surface area (Å²) >= 11 is 0. The highest BCUT2D eigenvalue weighted by molar-refractivity contribution is 5.28. The lowest BCUT2D eigenvalue weighted by Crippen LogP contribution is -2.38. The first-order valence-corrected chi connectivity index (χ1v) is 21.3. The smallest absolute Gasteiger partial charge is 0.0454 e. The summed E-state index contributed by atoms with van der Waals surface area (Å²) in [4.78, 5) is 9.31. The second-order valence-electron chi connectivity index (χ2n) is 17.3. The van der Waals surface area contributed by atoms with E-state index in [9.17, 15) is 0 Å². The van der Waals surface area contributed by atoms with Crippen molar-refractivity contribution in [2.75, 3.05) is 102 Å². The molecule has 0 amide bonds. The molecule has 8 atom stereocenters. The monoisotopic (exact) mass is 717 g/mol. The van der Waals surface area contributed by atoms with Crippen LogP contribution in [0, 0.1) is 35.5 Å². The van der Waals surface area contributed by atoms with Gasteiger partial charge >= 0.3 is 0 Å². The average molecular weight is 717 g/mol. The van der Waals surface area contributed by atoms with Crippen LogP contribution in [-0.2, 0) is 0 Å². The van der Waals surface area contributed by atoms with Crippen LogP contribution in [0.5, 0.6) is 0 Å². The van der Waals surface area contributed by atoms with Crippen LogP contribution < -0.4 is 10.6 Å². The van der Waals surface area contributed by atoms with Crippen molar-refractivity contribution in [1.82, 2.24) is 30.2 Å². The Hall–Kier alpha value is -1.02. The molecule has 1 aromatic carbocycles. The maximum atomic E-state index is 3.64. The van der Waals surface area contributed by atoms with Crippen LogP contribution in [0.25, 0.3) is 0 Å². The van der Waals surface area contributed by atoms with Gasteiger partial charge in [0.05, 0.1) is 0 Å². The third kappa shape index (κ3) is 22.7. The first-order valence-electron chi connectivity index (χ1n) is 21.3. The van der Waals surface area contributed by atoms with E-state index in [0.29, 0.717) is 11.8 Å². The van der Waals surface area contributed by atoms with Gasteiger partial charge in [0.15, 0.2) is 0 Å². The Labute approximate surface area is 321 Å². The molecule has 0 saturated heterocycles. The molecule has 0 aliphatic rings. The van der Waals surface area contributed by atoms with Crippen molar-refractivity contribution in [1.29, 1.82) is 0 Å². The molecule has 0 bridgehead atoms. The Kier molecular flexibility index (Phi) is 28.8. The van der Waals surface area contributed by atoms with E-state index < -0.39 is 0 Å². The molecule has 0 heterocycles. The quantitative estimate of drug-likeness (QED) is 0.0666. The molecular formula is C45H92N6. The van der Waals surface area contributed by atoms with Crippen molar-refractivity contribution in [3.8, 4) is 0 Å². The maximum Gasteiger partial charge on any atom is 0.0454 e. The molecule has 2 N–H and O–H groups in total. The molecule has 1 aromatic rings. The van der Waals surface area contributed by atoms with Crippen LogP contribution >= 0.6 is 0 Å². The number of nitrogens with zero attached hydrogens (tertiary/aromatic N) is 4. The van der Waals surface area contributed by atoms with Crippen LogP contribution in [0.4, 0.5) is 0 Å². The van der Waals surface area contributed by atoms with Gasteiger partial charge in [-0.2, -0.15) is 0 Å². The normalized spacial score (nSPS) is 16.9. The number of benzene rings is 1. The summed E-state index contributed by atoms with van der Waals surface area (Å²) in [6.45, 7) is 26.7. The molecular weight excluding hydrogens is 625 g/mol. The summed E-state index contributed by atoms with van der Waals surface area (Å²) < 4.78 is 0. The SMILES string of the molecule is CCC(CC(C)CNCNCC(CC)C(CC)CN(C)C)CN(C)C.CCC(CC(C)c1ccc(C(CC)C(CC)CN(C)C)cc1)CN(C)C. The van der Waals surface area contributed by atoms with Gasteiger partial charge in [0.2, 0.25) is 0 Å². The fraction of sp³-hybridized carbons (Fsp3) is 0.867. The Morgan fingerprint density at radius 3 is 1.33 bits per heavy atom. The van der Waals surface area contributed by atoms with Gasteiger partial charge in [-0.3, -0.25) is 0 Å². The highest BCUT2D eigenvalue weighted by Crippen LogP contribution is 2.33. The zero-order valence-electron chi connectivity index (χ0n) is 37.3. The highest BCUT2D eigenvalue weighted by Gasteiger charge is 2.22. The van der Waals surface area contributed by atoms with Crippen LogP contribution in [0.2, 0.25) is 0 Å². The fourth-order valence-corrected chi connectivity index (χ4v) is 8.37. The van der Waals surface area contributed by atoms with E-state index in [1.165, 1.54) is 88.7 Å². The summed E-state index contributed by atoms with van der Waals surface area (Å²) in [5, 5.41) is 7.25. The molecule has 0 fully saturated rings. The summed E-state index contributed by atoms with van der Waals surface area (Å²) in [6.07, 6.45) is 10.2. The minimum absolute atomic E-state index is 0.637. The third-order valence-corrected chi connectivity index (χ3v) is 11.4. The van der Waals surface area contributed by atoms with Gasteiger partial charge in [-0.05, 0) is 147 Å². The van der Waals surface area contributed by atoms with Crippen LogP contribution in [0.1, 0.15) is 130 Å². The van der Waals surface area contributed by atoms with E-state index in [0.717, 1.165) is 55.3 Å². The molecule has 0 radical (unpaired) electrons. The van der Waals surface area contributed by atoms with E-state index in [1.807, 2.05) is 0 Å². The highest BCUT2D eigenvalue weighted by atomic mass is 15.1. The van der Waals surface area contributed by atoms with Crippen molar-refractivity contribution < 1.29 is 0 Å². The molecule has 0 saturated carbocycles. The molecule has 0 spiro atoms. The molecule has 6 heteroatoms. The molecule has 8 unspecified atom stereocenters. The summed E-state index contributed by atoms with van der Waals surface area (Å²) in [6, 6.07) is 9.61. The second kappa shape index (κ2) is 29.4. The zero-order valence-corrected chi connectivity index (χ0v) is 37.3. The lowest BCUT2D eigenvalue weighted by atomic mass is 9.81. The summed E-state index contributed by atoms with van der Waals surface area (Å²) in [5.74, 6) is 5.96. The third-order valence-electron chi connectivity index (χ3n) is 11.4.